The van der Waals surface area contributed by atoms with Crippen LogP contribution in [-0.4, -0.2) is 44.7 Å². The monoisotopic (exact) mass is 338 g/mol. The molecule has 0 spiro atoms. The molecule has 25 heavy (non-hydrogen) atoms. The Labute approximate surface area is 144 Å². The van der Waals surface area contributed by atoms with Crippen LogP contribution in [0.3, 0.4) is 0 Å². The molecule has 3 aromatic rings. The molecular formula is C18H18N4O3. The van der Waals surface area contributed by atoms with Gasteiger partial charge in [0.2, 0.25) is 0 Å². The smallest absolute Gasteiger partial charge is 0.270 e. The van der Waals surface area contributed by atoms with Crippen molar-refractivity contribution in [2.75, 3.05) is 13.1 Å². The van der Waals surface area contributed by atoms with Crippen LogP contribution in [0.15, 0.2) is 47.1 Å². The lowest BCUT2D eigenvalue weighted by molar-refractivity contribution is 0.0171. The van der Waals surface area contributed by atoms with Crippen molar-refractivity contribution in [3.8, 4) is 17.2 Å². The molecule has 4 rings (SSSR count). The molecule has 1 amide bonds. The van der Waals surface area contributed by atoms with E-state index in [4.69, 9.17) is 9.26 Å². The molecule has 1 aliphatic rings. The Morgan fingerprint density at radius 2 is 2.12 bits per heavy atom. The van der Waals surface area contributed by atoms with Gasteiger partial charge in [0.25, 0.3) is 11.8 Å². The van der Waals surface area contributed by atoms with Gasteiger partial charge in [-0.2, -0.15) is 4.98 Å². The maximum absolute atomic E-state index is 12.4. The van der Waals surface area contributed by atoms with Crippen molar-refractivity contribution < 1.29 is 14.1 Å². The summed E-state index contributed by atoms with van der Waals surface area (Å²) in [6, 6.07) is 11.2. The quantitative estimate of drug-likeness (QED) is 0.730. The number of rotatable bonds is 4. The molecule has 0 radical (unpaired) electrons. The van der Waals surface area contributed by atoms with Crippen LogP contribution in [0, 0.1) is 6.92 Å². The van der Waals surface area contributed by atoms with Crippen LogP contribution in [0.2, 0.25) is 0 Å². The predicted molar refractivity (Wildman–Crippen MR) is 90.2 cm³/mol. The number of aryl methyl sites for hydroxylation is 2. The summed E-state index contributed by atoms with van der Waals surface area (Å²) in [6.07, 6.45) is 1.86. The van der Waals surface area contributed by atoms with Gasteiger partial charge in [-0.25, -0.2) is 0 Å². The third kappa shape index (κ3) is 3.00. The number of ether oxygens (including phenoxy) is 1. The number of nitrogens with zero attached hydrogens (tertiary/aromatic N) is 4. The SMILES string of the molecule is Cc1noc(-c2cccc(OC3CN(C(=O)c4cccn4C)C3)c2)n1. The minimum absolute atomic E-state index is 0.0103. The van der Waals surface area contributed by atoms with E-state index in [1.807, 2.05) is 54.2 Å². The fraction of sp³-hybridized carbons (Fsp3) is 0.278. The largest absolute Gasteiger partial charge is 0.487 e. The Morgan fingerprint density at radius 1 is 1.28 bits per heavy atom. The van der Waals surface area contributed by atoms with Gasteiger partial charge in [0.15, 0.2) is 5.82 Å². The van der Waals surface area contributed by atoms with Gasteiger partial charge in [-0.15, -0.1) is 0 Å². The van der Waals surface area contributed by atoms with E-state index in [1.54, 1.807) is 11.8 Å². The number of aromatic nitrogens is 3. The van der Waals surface area contributed by atoms with E-state index in [2.05, 4.69) is 10.1 Å². The number of hydrogen-bond donors (Lipinski definition) is 0. The number of carbonyl (C=O) groups excluding carboxylic acids is 1. The number of benzene rings is 1. The summed E-state index contributed by atoms with van der Waals surface area (Å²) in [4.78, 5) is 18.4. The molecule has 1 aromatic carbocycles. The zero-order valence-corrected chi connectivity index (χ0v) is 14.0. The zero-order chi connectivity index (χ0) is 17.4. The molecule has 0 unspecified atom stereocenters. The Balaban J connectivity index is 1.38. The molecule has 0 aliphatic carbocycles. The predicted octanol–water partition coefficient (Wildman–Crippen LogP) is 2.29. The van der Waals surface area contributed by atoms with Crippen LogP contribution >= 0.6 is 0 Å². The second-order valence-corrected chi connectivity index (χ2v) is 6.13. The van der Waals surface area contributed by atoms with Gasteiger partial charge in [0.1, 0.15) is 17.5 Å². The van der Waals surface area contributed by atoms with Gasteiger partial charge in [-0.3, -0.25) is 4.79 Å². The van der Waals surface area contributed by atoms with E-state index in [-0.39, 0.29) is 12.0 Å². The third-order valence-electron chi connectivity index (χ3n) is 4.21. The Hall–Kier alpha value is -3.09. The van der Waals surface area contributed by atoms with Crippen molar-refractivity contribution in [2.24, 2.45) is 7.05 Å². The highest BCUT2D eigenvalue weighted by Gasteiger charge is 2.33. The molecule has 0 saturated carbocycles. The normalized spacial score (nSPS) is 14.4. The summed E-state index contributed by atoms with van der Waals surface area (Å²) in [7, 11) is 1.87. The molecule has 2 aromatic heterocycles. The Kier molecular flexibility index (Phi) is 3.76. The van der Waals surface area contributed by atoms with Gasteiger partial charge < -0.3 is 18.7 Å². The van der Waals surface area contributed by atoms with Crippen molar-refractivity contribution in [1.29, 1.82) is 0 Å². The van der Waals surface area contributed by atoms with Gasteiger partial charge in [-0.05, 0) is 37.3 Å². The van der Waals surface area contributed by atoms with E-state index < -0.39 is 0 Å². The van der Waals surface area contributed by atoms with Crippen molar-refractivity contribution in [1.82, 2.24) is 19.6 Å². The van der Waals surface area contributed by atoms with Crippen molar-refractivity contribution in [2.45, 2.75) is 13.0 Å². The highest BCUT2D eigenvalue weighted by molar-refractivity contribution is 5.93. The van der Waals surface area contributed by atoms with Crippen molar-refractivity contribution >= 4 is 5.91 Å². The minimum Gasteiger partial charge on any atom is -0.487 e. The lowest BCUT2D eigenvalue weighted by atomic mass is 10.1. The molecule has 0 N–H and O–H groups in total. The Bertz CT molecular complexity index is 908. The fourth-order valence-corrected chi connectivity index (χ4v) is 2.83. The highest BCUT2D eigenvalue weighted by Crippen LogP contribution is 2.25. The summed E-state index contributed by atoms with van der Waals surface area (Å²) < 4.78 is 13.0. The molecule has 7 heteroatoms. The van der Waals surface area contributed by atoms with Crippen LogP contribution in [0.1, 0.15) is 16.3 Å². The number of likely N-dealkylation sites (tertiary alicyclic amines) is 1. The molecule has 0 bridgehead atoms. The highest BCUT2D eigenvalue weighted by atomic mass is 16.5. The standard InChI is InChI=1S/C18H18N4O3/c1-12-19-17(25-20-12)13-5-3-6-14(9-13)24-15-10-22(11-15)18(23)16-7-4-8-21(16)2/h3-9,15H,10-11H2,1-2H3. The van der Waals surface area contributed by atoms with E-state index >= 15 is 0 Å². The van der Waals surface area contributed by atoms with Gasteiger partial charge in [0, 0.05) is 18.8 Å². The first-order chi connectivity index (χ1) is 12.1. The van der Waals surface area contributed by atoms with Crippen molar-refractivity contribution in [3.63, 3.8) is 0 Å². The summed E-state index contributed by atoms with van der Waals surface area (Å²) in [5.41, 5.74) is 1.50. The number of carbonyl (C=O) groups is 1. The summed E-state index contributed by atoms with van der Waals surface area (Å²) in [6.45, 7) is 2.93. The molecule has 1 aliphatic heterocycles. The summed E-state index contributed by atoms with van der Waals surface area (Å²) in [5, 5.41) is 3.80. The van der Waals surface area contributed by atoms with Crippen LogP contribution in [0.5, 0.6) is 5.75 Å². The van der Waals surface area contributed by atoms with Crippen LogP contribution < -0.4 is 4.74 Å². The van der Waals surface area contributed by atoms with Gasteiger partial charge >= 0.3 is 0 Å². The molecule has 1 saturated heterocycles. The number of amides is 1. The topological polar surface area (TPSA) is 73.4 Å². The van der Waals surface area contributed by atoms with E-state index in [1.165, 1.54) is 0 Å². The number of hydrogen-bond acceptors (Lipinski definition) is 5. The average Bonchev–Trinajstić information content (AvgIpc) is 3.19. The van der Waals surface area contributed by atoms with E-state index in [0.717, 1.165) is 11.3 Å². The lowest BCUT2D eigenvalue weighted by Gasteiger charge is -2.39. The first-order valence-corrected chi connectivity index (χ1v) is 8.08. The second-order valence-electron chi connectivity index (χ2n) is 6.13. The fourth-order valence-electron chi connectivity index (χ4n) is 2.83. The second kappa shape index (κ2) is 6.08. The van der Waals surface area contributed by atoms with E-state index in [9.17, 15) is 4.79 Å². The molecule has 1 fully saturated rings. The van der Waals surface area contributed by atoms with Crippen LogP contribution in [0.25, 0.3) is 11.5 Å². The average molecular weight is 338 g/mol. The molecule has 0 atom stereocenters. The van der Waals surface area contributed by atoms with E-state index in [0.29, 0.717) is 30.5 Å². The lowest BCUT2D eigenvalue weighted by Crippen LogP contribution is -2.56. The maximum atomic E-state index is 12.4. The zero-order valence-electron chi connectivity index (χ0n) is 14.0. The molecule has 128 valence electrons. The molecular weight excluding hydrogens is 320 g/mol. The first-order valence-electron chi connectivity index (χ1n) is 8.08. The van der Waals surface area contributed by atoms with Gasteiger partial charge in [-0.1, -0.05) is 11.2 Å². The first kappa shape index (κ1) is 15.4. The third-order valence-corrected chi connectivity index (χ3v) is 4.21. The summed E-state index contributed by atoms with van der Waals surface area (Å²) >= 11 is 0. The maximum Gasteiger partial charge on any atom is 0.270 e. The van der Waals surface area contributed by atoms with Gasteiger partial charge in [0.05, 0.1) is 13.1 Å². The Morgan fingerprint density at radius 3 is 2.80 bits per heavy atom. The summed E-state index contributed by atoms with van der Waals surface area (Å²) in [5.74, 6) is 1.82. The van der Waals surface area contributed by atoms with Crippen molar-refractivity contribution in [3.05, 3.63) is 54.1 Å². The minimum atomic E-state index is -0.0103. The van der Waals surface area contributed by atoms with Crippen LogP contribution in [-0.2, 0) is 7.05 Å². The molecule has 3 heterocycles. The molecule has 7 nitrogen and oxygen atoms in total. The van der Waals surface area contributed by atoms with Crippen LogP contribution in [0.4, 0.5) is 0 Å².